The average molecular weight is 362 g/mol. The molecule has 4 rings (SSSR count). The van der Waals surface area contributed by atoms with Crippen LogP contribution in [0.5, 0.6) is 0 Å². The summed E-state index contributed by atoms with van der Waals surface area (Å²) >= 11 is 1.92. The average Bonchev–Trinajstić information content (AvgIpc) is 3.28. The summed E-state index contributed by atoms with van der Waals surface area (Å²) in [4.78, 5) is 15.3. The summed E-state index contributed by atoms with van der Waals surface area (Å²) < 4.78 is 5.08. The van der Waals surface area contributed by atoms with Crippen LogP contribution >= 0.6 is 11.3 Å². The lowest BCUT2D eigenvalue weighted by Gasteiger charge is -2.26. The maximum absolute atomic E-state index is 5.08. The van der Waals surface area contributed by atoms with Gasteiger partial charge in [-0.05, 0) is 45.7 Å². The Balaban J connectivity index is 1.28. The first kappa shape index (κ1) is 17.1. The molecule has 2 fully saturated rings. The molecule has 1 aliphatic heterocycles. The summed E-state index contributed by atoms with van der Waals surface area (Å²) in [6, 6.07) is 0.590. The van der Waals surface area contributed by atoms with Gasteiger partial charge in [0, 0.05) is 43.0 Å². The summed E-state index contributed by atoms with van der Waals surface area (Å²) in [5.74, 6) is 2.21. The number of rotatable bonds is 6. The van der Waals surface area contributed by atoms with E-state index in [2.05, 4.69) is 38.2 Å². The smallest absolute Gasteiger partial charge is 0.223 e. The summed E-state index contributed by atoms with van der Waals surface area (Å²) in [5, 5.41) is 5.38. The van der Waals surface area contributed by atoms with Crippen molar-refractivity contribution in [1.29, 1.82) is 0 Å². The highest BCUT2D eigenvalue weighted by atomic mass is 32.1. The van der Waals surface area contributed by atoms with Gasteiger partial charge in [-0.25, -0.2) is 4.98 Å². The monoisotopic (exact) mass is 361 g/mol. The van der Waals surface area contributed by atoms with E-state index in [1.165, 1.54) is 48.5 Å². The molecule has 0 bridgehead atoms. The third kappa shape index (κ3) is 4.46. The number of nitrogens with zero attached hydrogens (tertiary/aromatic N) is 5. The number of hydrogen-bond acceptors (Lipinski definition) is 7. The van der Waals surface area contributed by atoms with Crippen molar-refractivity contribution in [2.24, 2.45) is 0 Å². The van der Waals surface area contributed by atoms with Crippen LogP contribution in [-0.4, -0.2) is 51.1 Å². The topological polar surface area (TPSA) is 58.3 Å². The quantitative estimate of drug-likeness (QED) is 0.787. The maximum Gasteiger partial charge on any atom is 0.223 e. The van der Waals surface area contributed by atoms with Crippen molar-refractivity contribution in [2.75, 3.05) is 20.1 Å². The van der Waals surface area contributed by atoms with Gasteiger partial charge >= 0.3 is 0 Å². The molecule has 0 aromatic carbocycles. The molecule has 1 atom stereocenters. The molecule has 7 heteroatoms. The molecule has 3 heterocycles. The Labute approximate surface area is 153 Å². The first-order valence-corrected chi connectivity index (χ1v) is 10.2. The number of hydrogen-bond donors (Lipinski definition) is 0. The first-order chi connectivity index (χ1) is 12.2. The van der Waals surface area contributed by atoms with Gasteiger partial charge in [-0.1, -0.05) is 5.16 Å². The van der Waals surface area contributed by atoms with E-state index in [1.54, 1.807) is 0 Å². The van der Waals surface area contributed by atoms with E-state index in [-0.39, 0.29) is 0 Å². The zero-order valence-corrected chi connectivity index (χ0v) is 16.0. The minimum absolute atomic E-state index is 0.590. The molecule has 25 heavy (non-hydrogen) atoms. The van der Waals surface area contributed by atoms with Gasteiger partial charge in [0.15, 0.2) is 5.82 Å². The summed E-state index contributed by atoms with van der Waals surface area (Å²) in [6.45, 7) is 6.00. The Hall–Kier alpha value is -1.31. The van der Waals surface area contributed by atoms with Crippen molar-refractivity contribution in [3.05, 3.63) is 27.8 Å². The Morgan fingerprint density at radius 3 is 2.92 bits per heavy atom. The standard InChI is InChI=1S/C18H27N5OS/c1-13-20-17(21-24-13)12-22(2)15-4-3-8-23(9-7-15)11-16-10-19-18(25-16)14-5-6-14/h10,14-15H,3-9,11-12H2,1-2H3/t15-/m1/s1. The van der Waals surface area contributed by atoms with Crippen LogP contribution in [0.4, 0.5) is 0 Å². The highest BCUT2D eigenvalue weighted by Gasteiger charge is 2.27. The van der Waals surface area contributed by atoms with E-state index in [4.69, 9.17) is 4.52 Å². The van der Waals surface area contributed by atoms with Crippen LogP contribution in [0.15, 0.2) is 10.7 Å². The maximum atomic E-state index is 5.08. The van der Waals surface area contributed by atoms with E-state index >= 15 is 0 Å². The number of thiazole rings is 1. The number of likely N-dealkylation sites (tertiary alicyclic amines) is 1. The molecule has 0 unspecified atom stereocenters. The zero-order chi connectivity index (χ0) is 17.2. The molecule has 6 nitrogen and oxygen atoms in total. The summed E-state index contributed by atoms with van der Waals surface area (Å²) in [5.41, 5.74) is 0. The first-order valence-electron chi connectivity index (χ1n) is 9.34. The lowest BCUT2D eigenvalue weighted by Crippen LogP contribution is -2.32. The molecule has 1 aliphatic carbocycles. The van der Waals surface area contributed by atoms with Crippen molar-refractivity contribution < 1.29 is 4.52 Å². The molecule has 136 valence electrons. The Morgan fingerprint density at radius 2 is 2.16 bits per heavy atom. The van der Waals surface area contributed by atoms with E-state index in [0.717, 1.165) is 31.4 Å². The fourth-order valence-corrected chi connectivity index (χ4v) is 4.76. The second-order valence-electron chi connectivity index (χ2n) is 7.44. The molecular formula is C18H27N5OS. The Bertz CT molecular complexity index is 695. The predicted octanol–water partition coefficient (Wildman–Crippen LogP) is 3.20. The minimum atomic E-state index is 0.590. The molecule has 2 aromatic rings. The molecule has 2 aliphatic rings. The van der Waals surface area contributed by atoms with Crippen LogP contribution in [0.2, 0.25) is 0 Å². The number of aryl methyl sites for hydroxylation is 1. The highest BCUT2D eigenvalue weighted by Crippen LogP contribution is 2.41. The largest absolute Gasteiger partial charge is 0.340 e. The normalized spacial score (nSPS) is 22.4. The predicted molar refractivity (Wildman–Crippen MR) is 97.5 cm³/mol. The van der Waals surface area contributed by atoms with Crippen LogP contribution in [0.1, 0.15) is 59.6 Å². The van der Waals surface area contributed by atoms with Crippen LogP contribution in [-0.2, 0) is 13.1 Å². The van der Waals surface area contributed by atoms with Gasteiger partial charge in [0.1, 0.15) is 0 Å². The van der Waals surface area contributed by atoms with Crippen molar-refractivity contribution in [3.63, 3.8) is 0 Å². The van der Waals surface area contributed by atoms with Gasteiger partial charge in [0.05, 0.1) is 11.6 Å². The van der Waals surface area contributed by atoms with E-state index < -0.39 is 0 Å². The fraction of sp³-hybridized carbons (Fsp3) is 0.722. The zero-order valence-electron chi connectivity index (χ0n) is 15.1. The Kier molecular flexibility index (Phi) is 5.15. The van der Waals surface area contributed by atoms with Crippen LogP contribution < -0.4 is 0 Å². The third-order valence-electron chi connectivity index (χ3n) is 5.25. The van der Waals surface area contributed by atoms with Gasteiger partial charge in [0.25, 0.3) is 0 Å². The molecule has 1 saturated heterocycles. The second-order valence-corrected chi connectivity index (χ2v) is 8.59. The van der Waals surface area contributed by atoms with Gasteiger partial charge < -0.3 is 4.52 Å². The van der Waals surface area contributed by atoms with Crippen LogP contribution in [0.25, 0.3) is 0 Å². The lowest BCUT2D eigenvalue weighted by molar-refractivity contribution is 0.200. The lowest BCUT2D eigenvalue weighted by atomic mass is 10.1. The van der Waals surface area contributed by atoms with Gasteiger partial charge in [-0.2, -0.15) is 4.98 Å². The molecule has 0 amide bonds. The Morgan fingerprint density at radius 1 is 1.28 bits per heavy atom. The van der Waals surface area contributed by atoms with E-state index in [9.17, 15) is 0 Å². The second kappa shape index (κ2) is 7.51. The molecular weight excluding hydrogens is 334 g/mol. The minimum Gasteiger partial charge on any atom is -0.340 e. The van der Waals surface area contributed by atoms with Crippen molar-refractivity contribution in [3.8, 4) is 0 Å². The van der Waals surface area contributed by atoms with Gasteiger partial charge in [0.2, 0.25) is 5.89 Å². The van der Waals surface area contributed by atoms with Crippen molar-refractivity contribution in [1.82, 2.24) is 24.9 Å². The molecule has 1 saturated carbocycles. The summed E-state index contributed by atoms with van der Waals surface area (Å²) in [6.07, 6.45) is 8.45. The SMILES string of the molecule is Cc1nc(CN(C)[C@@H]2CCCN(Cc3cnc(C4CC4)s3)CC2)no1. The van der Waals surface area contributed by atoms with Crippen molar-refractivity contribution >= 4 is 11.3 Å². The van der Waals surface area contributed by atoms with E-state index in [1.807, 2.05) is 18.3 Å². The number of aromatic nitrogens is 3. The molecule has 0 N–H and O–H groups in total. The van der Waals surface area contributed by atoms with Gasteiger partial charge in [-0.3, -0.25) is 9.80 Å². The molecule has 2 aromatic heterocycles. The van der Waals surface area contributed by atoms with Crippen LogP contribution in [0.3, 0.4) is 0 Å². The third-order valence-corrected chi connectivity index (χ3v) is 6.40. The summed E-state index contributed by atoms with van der Waals surface area (Å²) in [7, 11) is 2.18. The van der Waals surface area contributed by atoms with E-state index in [0.29, 0.717) is 11.9 Å². The highest BCUT2D eigenvalue weighted by molar-refractivity contribution is 7.11. The van der Waals surface area contributed by atoms with Gasteiger partial charge in [-0.15, -0.1) is 11.3 Å². The molecule has 0 radical (unpaired) electrons. The fourth-order valence-electron chi connectivity index (χ4n) is 3.63. The van der Waals surface area contributed by atoms with Crippen LogP contribution in [0, 0.1) is 6.92 Å². The molecule has 0 spiro atoms. The van der Waals surface area contributed by atoms with Crippen molar-refractivity contribution in [2.45, 2.75) is 64.1 Å².